The molecule has 0 spiro atoms. The second-order valence-electron chi connectivity index (χ2n) is 13.2. The molecule has 0 saturated heterocycles. The van der Waals surface area contributed by atoms with Crippen LogP contribution in [0.25, 0.3) is 16.7 Å². The van der Waals surface area contributed by atoms with Crippen LogP contribution in [-0.2, 0) is 21.3 Å². The first-order valence-corrected chi connectivity index (χ1v) is 25.8. The van der Waals surface area contributed by atoms with E-state index in [1.165, 1.54) is 39.0 Å². The Kier molecular flexibility index (Phi) is 7.45. The van der Waals surface area contributed by atoms with Crippen LogP contribution in [0.3, 0.4) is 0 Å². The van der Waals surface area contributed by atoms with Gasteiger partial charge in [-0.25, -0.2) is 0 Å². The van der Waals surface area contributed by atoms with Crippen molar-refractivity contribution in [3.63, 3.8) is 0 Å². The average molecular weight is 691 g/mol. The van der Waals surface area contributed by atoms with Crippen molar-refractivity contribution in [1.29, 1.82) is 0 Å². The van der Waals surface area contributed by atoms with Crippen molar-refractivity contribution in [2.24, 2.45) is 0 Å². The first-order chi connectivity index (χ1) is 21.2. The molecule has 1 atom stereocenters. The van der Waals surface area contributed by atoms with E-state index in [-0.39, 0.29) is 12.7 Å². The molecule has 7 rings (SSSR count). The third kappa shape index (κ3) is 4.72. The molecule has 218 valence electrons. The molecule has 2 aliphatic carbocycles. The predicted molar refractivity (Wildman–Crippen MR) is 188 cm³/mol. The molecular formula is C41H36Cl2Zr. The predicted octanol–water partition coefficient (Wildman–Crippen LogP) is 11.8. The van der Waals surface area contributed by atoms with Crippen LogP contribution in [0, 0.1) is 0 Å². The molecule has 1 unspecified atom stereocenters. The van der Waals surface area contributed by atoms with E-state index >= 15 is 0 Å². The Morgan fingerprint density at radius 1 is 0.591 bits per heavy atom. The number of hydrogen-bond acceptors (Lipinski definition) is 0. The number of fused-ring (bicyclic) bond motifs is 3. The van der Waals surface area contributed by atoms with Crippen molar-refractivity contribution >= 4 is 25.8 Å². The summed E-state index contributed by atoms with van der Waals surface area (Å²) in [4.78, 5) is 0. The summed E-state index contributed by atoms with van der Waals surface area (Å²) in [5.41, 5.74) is 10.9. The molecule has 0 radical (unpaired) electrons. The van der Waals surface area contributed by atoms with E-state index in [1.807, 2.05) is 0 Å². The summed E-state index contributed by atoms with van der Waals surface area (Å²) in [7, 11) is 17.6. The van der Waals surface area contributed by atoms with E-state index in [1.54, 1.807) is 0 Å². The van der Waals surface area contributed by atoms with Gasteiger partial charge >= 0.3 is 271 Å². The summed E-state index contributed by atoms with van der Waals surface area (Å²) >= 11 is -5.47. The molecule has 0 amide bonds. The number of benzene rings is 5. The second kappa shape index (κ2) is 11.1. The van der Waals surface area contributed by atoms with Crippen molar-refractivity contribution in [2.75, 3.05) is 0 Å². The van der Waals surface area contributed by atoms with Crippen LogP contribution in [0.2, 0.25) is 3.63 Å². The molecular weight excluding hydrogens is 655 g/mol. The molecule has 0 fully saturated rings. The average Bonchev–Trinajstić information content (AvgIpc) is 3.67. The number of halogens is 2. The van der Waals surface area contributed by atoms with Gasteiger partial charge < -0.3 is 0 Å². The van der Waals surface area contributed by atoms with Crippen molar-refractivity contribution in [2.45, 2.75) is 33.4 Å². The van der Waals surface area contributed by atoms with Gasteiger partial charge in [-0.3, -0.25) is 0 Å². The van der Waals surface area contributed by atoms with Crippen LogP contribution >= 0.6 is 17.0 Å². The maximum absolute atomic E-state index is 8.79. The van der Waals surface area contributed by atoms with Crippen molar-refractivity contribution in [1.82, 2.24) is 0 Å². The summed E-state index contributed by atoms with van der Waals surface area (Å²) in [6.45, 7) is 6.77. The Labute approximate surface area is 269 Å². The fourth-order valence-electron chi connectivity index (χ4n) is 7.51. The van der Waals surface area contributed by atoms with Crippen LogP contribution < -0.4 is 0 Å². The monoisotopic (exact) mass is 688 g/mol. The van der Waals surface area contributed by atoms with Gasteiger partial charge in [0.05, 0.1) is 0 Å². The maximum atomic E-state index is 8.79. The van der Waals surface area contributed by atoms with Gasteiger partial charge in [-0.15, -0.1) is 0 Å². The van der Waals surface area contributed by atoms with Gasteiger partial charge in [0.15, 0.2) is 0 Å². The molecule has 0 nitrogen and oxygen atoms in total. The van der Waals surface area contributed by atoms with Crippen LogP contribution in [0.15, 0.2) is 152 Å². The zero-order valence-corrected chi connectivity index (χ0v) is 29.3. The Morgan fingerprint density at radius 3 is 1.57 bits per heavy atom. The Hall–Kier alpha value is -3.09. The van der Waals surface area contributed by atoms with Crippen LogP contribution in [-0.4, -0.2) is 3.21 Å². The van der Waals surface area contributed by atoms with E-state index in [2.05, 4.69) is 172 Å². The van der Waals surface area contributed by atoms with E-state index in [4.69, 9.17) is 17.0 Å². The number of hydrogen-bond donors (Lipinski definition) is 0. The summed E-state index contributed by atoms with van der Waals surface area (Å²) < 4.78 is 0.814. The normalized spacial score (nSPS) is 16.4. The second-order valence-corrected chi connectivity index (χ2v) is 33.8. The third-order valence-electron chi connectivity index (χ3n) is 9.53. The third-order valence-corrected chi connectivity index (χ3v) is 29.1. The van der Waals surface area contributed by atoms with Gasteiger partial charge in [-0.2, -0.15) is 0 Å². The zero-order chi connectivity index (χ0) is 30.6. The van der Waals surface area contributed by atoms with Gasteiger partial charge in [0.2, 0.25) is 0 Å². The molecule has 5 aromatic rings. The first-order valence-electron chi connectivity index (χ1n) is 15.4. The van der Waals surface area contributed by atoms with Crippen molar-refractivity contribution < 1.29 is 15.9 Å². The van der Waals surface area contributed by atoms with Crippen LogP contribution in [0.4, 0.5) is 0 Å². The molecule has 0 N–H and O–H groups in total. The van der Waals surface area contributed by atoms with E-state index in [9.17, 15) is 0 Å². The summed E-state index contributed by atoms with van der Waals surface area (Å²) in [5, 5.41) is 0. The number of rotatable bonds is 5. The molecule has 0 aliphatic heterocycles. The molecule has 3 heteroatoms. The fourth-order valence-corrected chi connectivity index (χ4v) is 28.2. The van der Waals surface area contributed by atoms with Gasteiger partial charge in [0, 0.05) is 0 Å². The zero-order valence-electron chi connectivity index (χ0n) is 25.3. The topological polar surface area (TPSA) is 0 Å². The Bertz CT molecular complexity index is 1900. The van der Waals surface area contributed by atoms with Crippen molar-refractivity contribution in [3.05, 3.63) is 185 Å². The minimum atomic E-state index is -5.47. The summed E-state index contributed by atoms with van der Waals surface area (Å²) in [6.07, 6.45) is 6.72. The van der Waals surface area contributed by atoms with Gasteiger partial charge in [-0.05, 0) is 0 Å². The van der Waals surface area contributed by atoms with Gasteiger partial charge in [-0.1, -0.05) is 0 Å². The molecule has 5 aromatic carbocycles. The van der Waals surface area contributed by atoms with Crippen molar-refractivity contribution in [3.8, 4) is 11.1 Å². The summed E-state index contributed by atoms with van der Waals surface area (Å²) in [6, 6.07) is 47.8. The molecule has 2 aliphatic rings. The van der Waals surface area contributed by atoms with E-state index in [0.29, 0.717) is 0 Å². The van der Waals surface area contributed by atoms with Crippen LogP contribution in [0.1, 0.15) is 57.8 Å². The molecule has 0 aromatic heterocycles. The standard InChI is InChI=1S/C15H17.C13H9.C13H10.2ClH.Zr/c1-15(2,3)14-10-8-13(9-11-14)12-6-4-5-7-12;1-3-7-12-10(5-1)9-11-6-2-4-8-13(11)12;1-3-7-12(8-4-1)11-13-9-5-2-6-10-13;;;/h4-11H,1-3H3;1-9H;1-10H;2*1H;/q;;;;;+2/p-2. The molecule has 0 heterocycles. The van der Waals surface area contributed by atoms with E-state index in [0.717, 1.165) is 14.3 Å². The minimum absolute atomic E-state index is 0.0717. The fraction of sp³-hybridized carbons (Fsp3) is 0.146. The van der Waals surface area contributed by atoms with Gasteiger partial charge in [0.1, 0.15) is 0 Å². The Balaban J connectivity index is 1.61. The van der Waals surface area contributed by atoms with E-state index < -0.39 is 15.9 Å². The quantitative estimate of drug-likeness (QED) is 0.172. The number of allylic oxidation sites excluding steroid dienone is 4. The molecule has 44 heavy (non-hydrogen) atoms. The molecule has 0 bridgehead atoms. The first kappa shape index (κ1) is 29.6. The SMILES string of the molecule is CC(C)(C)c1ccc(C2=CC=C[CH]2[Zr]([Cl])([Cl])(=[C](c2ccccc2)c2ccccc2)[CH]2c3ccccc3-c3ccccc32)cc1. The van der Waals surface area contributed by atoms with Gasteiger partial charge in [0.25, 0.3) is 0 Å². The molecule has 0 saturated carbocycles. The summed E-state index contributed by atoms with van der Waals surface area (Å²) in [5.74, 6) is 0. The van der Waals surface area contributed by atoms with Crippen LogP contribution in [0.5, 0.6) is 0 Å². The Morgan fingerprint density at radius 2 is 1.07 bits per heavy atom.